The number of pyridine rings is 1. The summed E-state index contributed by atoms with van der Waals surface area (Å²) in [5.74, 6) is -2.33. The van der Waals surface area contributed by atoms with Crippen LogP contribution in [0.3, 0.4) is 0 Å². The van der Waals surface area contributed by atoms with Gasteiger partial charge in [-0.25, -0.2) is 18.7 Å². The van der Waals surface area contributed by atoms with E-state index in [-0.39, 0.29) is 21.9 Å². The van der Waals surface area contributed by atoms with Crippen molar-refractivity contribution in [2.24, 2.45) is 5.73 Å². The molecule has 2 amide bonds. The van der Waals surface area contributed by atoms with E-state index in [2.05, 4.69) is 20.6 Å². The highest BCUT2D eigenvalue weighted by molar-refractivity contribution is 7.17. The molecular formula is C20H24F5N5O3S. The van der Waals surface area contributed by atoms with Gasteiger partial charge in [0.05, 0.1) is 16.5 Å². The first kappa shape index (κ1) is 27.4. The van der Waals surface area contributed by atoms with Crippen LogP contribution in [0.5, 0.6) is 0 Å². The van der Waals surface area contributed by atoms with Crippen molar-refractivity contribution >= 4 is 29.0 Å². The van der Waals surface area contributed by atoms with Gasteiger partial charge in [0.25, 0.3) is 18.2 Å². The summed E-state index contributed by atoms with van der Waals surface area (Å²) in [6, 6.07) is -1.99. The quantitative estimate of drug-likeness (QED) is 0.380. The number of thiazole rings is 1. The van der Waals surface area contributed by atoms with Gasteiger partial charge in [-0.2, -0.15) is 13.2 Å². The Morgan fingerprint density at radius 1 is 1.26 bits per heavy atom. The van der Waals surface area contributed by atoms with Gasteiger partial charge >= 0.3 is 6.18 Å². The predicted octanol–water partition coefficient (Wildman–Crippen LogP) is 3.88. The van der Waals surface area contributed by atoms with E-state index in [9.17, 15) is 36.6 Å². The minimum atomic E-state index is -4.63. The van der Waals surface area contributed by atoms with Gasteiger partial charge < -0.3 is 21.5 Å². The SMILES string of the molecule is CC[C@H](Nc1cc(C(F)F)c(-c2sc(C(=O)N[C@H](C)C(C)(C)O)nc2C(N)=O)cn1)C(F)(F)F. The van der Waals surface area contributed by atoms with Crippen LogP contribution < -0.4 is 16.4 Å². The maximum absolute atomic E-state index is 13.8. The topological polar surface area (TPSA) is 130 Å². The first-order valence-electron chi connectivity index (χ1n) is 10.0. The zero-order chi connectivity index (χ0) is 26.0. The molecule has 2 heterocycles. The number of nitrogens with one attached hydrogen (secondary N) is 2. The summed E-state index contributed by atoms with van der Waals surface area (Å²) >= 11 is 0.582. The van der Waals surface area contributed by atoms with Crippen molar-refractivity contribution in [1.29, 1.82) is 0 Å². The number of aliphatic hydroxyl groups is 1. The van der Waals surface area contributed by atoms with E-state index < -0.39 is 59.2 Å². The van der Waals surface area contributed by atoms with Crippen LogP contribution in [0.15, 0.2) is 12.3 Å². The number of aromatic nitrogens is 2. The number of nitrogens with zero attached hydrogens (tertiary/aromatic N) is 2. The molecule has 8 nitrogen and oxygen atoms in total. The Morgan fingerprint density at radius 2 is 1.88 bits per heavy atom. The van der Waals surface area contributed by atoms with E-state index in [1.807, 2.05) is 0 Å². The second-order valence-corrected chi connectivity index (χ2v) is 9.01. The van der Waals surface area contributed by atoms with Crippen LogP contribution in [0.25, 0.3) is 10.4 Å². The third-order valence-corrected chi connectivity index (χ3v) is 6.09. The number of alkyl halides is 5. The Kier molecular flexibility index (Phi) is 8.19. The maximum Gasteiger partial charge on any atom is 0.408 e. The van der Waals surface area contributed by atoms with E-state index in [0.29, 0.717) is 11.3 Å². The number of hydrogen-bond acceptors (Lipinski definition) is 7. The second-order valence-electron chi connectivity index (χ2n) is 8.01. The largest absolute Gasteiger partial charge is 0.408 e. The van der Waals surface area contributed by atoms with E-state index in [4.69, 9.17) is 5.73 Å². The van der Waals surface area contributed by atoms with Gasteiger partial charge in [0.15, 0.2) is 5.01 Å². The van der Waals surface area contributed by atoms with Crippen molar-refractivity contribution < 1.29 is 36.6 Å². The summed E-state index contributed by atoms with van der Waals surface area (Å²) in [6.07, 6.45) is -7.27. The molecule has 0 bridgehead atoms. The molecule has 2 atom stereocenters. The highest BCUT2D eigenvalue weighted by Gasteiger charge is 2.38. The molecule has 0 radical (unpaired) electrons. The van der Waals surface area contributed by atoms with Crippen LogP contribution in [-0.4, -0.2) is 50.7 Å². The molecule has 0 aliphatic carbocycles. The fourth-order valence-corrected chi connectivity index (χ4v) is 3.72. The van der Waals surface area contributed by atoms with Crippen molar-refractivity contribution in [3.63, 3.8) is 0 Å². The molecule has 14 heteroatoms. The minimum absolute atomic E-state index is 0.189. The number of rotatable bonds is 9. The molecule has 0 saturated heterocycles. The van der Waals surface area contributed by atoms with Crippen LogP contribution in [0.1, 0.15) is 66.4 Å². The number of amides is 2. The van der Waals surface area contributed by atoms with Gasteiger partial charge in [-0.15, -0.1) is 11.3 Å². The molecule has 0 aromatic carbocycles. The van der Waals surface area contributed by atoms with Crippen molar-refractivity contribution in [2.75, 3.05) is 5.32 Å². The monoisotopic (exact) mass is 509 g/mol. The average Bonchev–Trinajstić information content (AvgIpc) is 3.16. The van der Waals surface area contributed by atoms with Gasteiger partial charge in [-0.05, 0) is 33.3 Å². The Bertz CT molecular complexity index is 1050. The fourth-order valence-electron chi connectivity index (χ4n) is 2.72. The van der Waals surface area contributed by atoms with Gasteiger partial charge in [-0.1, -0.05) is 6.92 Å². The Morgan fingerprint density at radius 3 is 2.35 bits per heavy atom. The zero-order valence-corrected chi connectivity index (χ0v) is 19.4. The van der Waals surface area contributed by atoms with Gasteiger partial charge in [0, 0.05) is 17.3 Å². The lowest BCUT2D eigenvalue weighted by molar-refractivity contribution is -0.142. The summed E-state index contributed by atoms with van der Waals surface area (Å²) in [4.78, 5) is 31.9. The van der Waals surface area contributed by atoms with Crippen molar-refractivity contribution in [3.05, 3.63) is 28.5 Å². The Balaban J connectivity index is 2.51. The highest BCUT2D eigenvalue weighted by Crippen LogP contribution is 2.38. The van der Waals surface area contributed by atoms with E-state index in [1.165, 1.54) is 27.7 Å². The standard InChI is InChI=1S/C20H24F5N5O3S/c1-5-11(20(23,24)25)29-12-6-9(15(21)22)10(7-27-12)14-13(16(26)31)30-18(34-14)17(32)28-8(2)19(3,4)33/h6-8,11,15,33H,5H2,1-4H3,(H2,26,31)(H,27,29)(H,28,32)/t8-,11+/m1/s1. The van der Waals surface area contributed by atoms with Crippen LogP contribution in [-0.2, 0) is 0 Å². The maximum atomic E-state index is 13.8. The number of anilines is 1. The number of carbonyl (C=O) groups is 2. The summed E-state index contributed by atoms with van der Waals surface area (Å²) in [7, 11) is 0. The number of nitrogens with two attached hydrogens (primary N) is 1. The van der Waals surface area contributed by atoms with Crippen molar-refractivity contribution in [3.8, 4) is 10.4 Å². The smallest absolute Gasteiger partial charge is 0.388 e. The van der Waals surface area contributed by atoms with Gasteiger partial charge in [0.2, 0.25) is 0 Å². The number of hydrogen-bond donors (Lipinski definition) is 4. The lowest BCUT2D eigenvalue weighted by Gasteiger charge is -2.26. The molecule has 34 heavy (non-hydrogen) atoms. The molecule has 0 aliphatic heterocycles. The average molecular weight is 510 g/mol. The summed E-state index contributed by atoms with van der Waals surface area (Å²) in [5, 5.41) is 14.3. The molecule has 0 aliphatic rings. The summed E-state index contributed by atoms with van der Waals surface area (Å²) in [5.41, 5.74) is 2.52. The molecule has 0 spiro atoms. The second kappa shape index (κ2) is 10.2. The lowest BCUT2D eigenvalue weighted by Crippen LogP contribution is -2.47. The molecule has 0 saturated carbocycles. The predicted molar refractivity (Wildman–Crippen MR) is 116 cm³/mol. The Hall–Kier alpha value is -2.87. The van der Waals surface area contributed by atoms with Gasteiger partial charge in [-0.3, -0.25) is 9.59 Å². The highest BCUT2D eigenvalue weighted by atomic mass is 32.1. The summed E-state index contributed by atoms with van der Waals surface area (Å²) in [6.45, 7) is 5.71. The van der Waals surface area contributed by atoms with Gasteiger partial charge in [0.1, 0.15) is 17.6 Å². The normalized spacial score (nSPS) is 14.1. The third kappa shape index (κ3) is 6.38. The van der Waals surface area contributed by atoms with Crippen LogP contribution in [0.4, 0.5) is 27.8 Å². The molecule has 5 N–H and O–H groups in total. The fraction of sp³-hybridized carbons (Fsp3) is 0.500. The van der Waals surface area contributed by atoms with E-state index in [0.717, 1.165) is 12.3 Å². The molecule has 2 aromatic heterocycles. The number of halogens is 5. The van der Waals surface area contributed by atoms with Crippen LogP contribution in [0.2, 0.25) is 0 Å². The number of primary amides is 1. The third-order valence-electron chi connectivity index (χ3n) is 5.00. The molecule has 188 valence electrons. The molecular weight excluding hydrogens is 485 g/mol. The van der Waals surface area contributed by atoms with E-state index in [1.54, 1.807) is 0 Å². The first-order valence-corrected chi connectivity index (χ1v) is 10.8. The van der Waals surface area contributed by atoms with Crippen LogP contribution in [0, 0.1) is 0 Å². The first-order chi connectivity index (χ1) is 15.6. The minimum Gasteiger partial charge on any atom is -0.388 e. The molecule has 0 fully saturated rings. The molecule has 2 aromatic rings. The molecule has 0 unspecified atom stereocenters. The number of carbonyl (C=O) groups excluding carboxylic acids is 2. The summed E-state index contributed by atoms with van der Waals surface area (Å²) < 4.78 is 66.8. The van der Waals surface area contributed by atoms with E-state index >= 15 is 0 Å². The van der Waals surface area contributed by atoms with Crippen molar-refractivity contribution in [2.45, 2.75) is 64.4 Å². The lowest BCUT2D eigenvalue weighted by atomic mass is 10.0. The Labute approximate surface area is 195 Å². The van der Waals surface area contributed by atoms with Crippen LogP contribution >= 0.6 is 11.3 Å². The molecule has 2 rings (SSSR count). The van der Waals surface area contributed by atoms with Crippen molar-refractivity contribution in [1.82, 2.24) is 15.3 Å². The zero-order valence-electron chi connectivity index (χ0n) is 18.6.